The Hall–Kier alpha value is -0.880. The average molecular weight is 327 g/mol. The fraction of sp³-hybridized carbons (Fsp3) is 0.667. The van der Waals surface area contributed by atoms with Crippen molar-refractivity contribution in [2.45, 2.75) is 46.1 Å². The van der Waals surface area contributed by atoms with Crippen LogP contribution in [0.2, 0.25) is 0 Å². The predicted molar refractivity (Wildman–Crippen MR) is 97.5 cm³/mol. The lowest BCUT2D eigenvalue weighted by Gasteiger charge is -2.28. The minimum absolute atomic E-state index is 0.372. The molecule has 6 heteroatoms. The molecular weight excluding hydrogens is 300 g/mol. The highest BCUT2D eigenvalue weighted by molar-refractivity contribution is 7.98. The standard InChI is InChI=1S/C15H26N4S2/c1-6-11-12(7-2)17-18-15(13(11)14(16)20)19(4)10(3)8-9-21-5/h10H,6-9H2,1-5H3,(H2,16,20). The smallest absolute Gasteiger partial charge is 0.161 e. The van der Waals surface area contributed by atoms with Gasteiger partial charge in [0.05, 0.1) is 11.3 Å². The number of nitrogens with zero attached hydrogens (tertiary/aromatic N) is 3. The lowest BCUT2D eigenvalue weighted by atomic mass is 10.0. The Kier molecular flexibility index (Phi) is 7.39. The molecule has 21 heavy (non-hydrogen) atoms. The van der Waals surface area contributed by atoms with Crippen molar-refractivity contribution in [3.05, 3.63) is 16.8 Å². The molecule has 0 aliphatic rings. The first-order valence-electron chi connectivity index (χ1n) is 7.37. The van der Waals surface area contributed by atoms with E-state index < -0.39 is 0 Å². The van der Waals surface area contributed by atoms with E-state index in [1.807, 2.05) is 18.8 Å². The highest BCUT2D eigenvalue weighted by Gasteiger charge is 2.21. The third kappa shape index (κ3) is 4.30. The monoisotopic (exact) mass is 326 g/mol. The summed E-state index contributed by atoms with van der Waals surface area (Å²) in [6, 6.07) is 0.372. The van der Waals surface area contributed by atoms with Crippen LogP contribution in [0.25, 0.3) is 0 Å². The first-order chi connectivity index (χ1) is 9.97. The Balaban J connectivity index is 3.25. The van der Waals surface area contributed by atoms with Gasteiger partial charge in [-0.15, -0.1) is 5.10 Å². The molecule has 0 aliphatic carbocycles. The largest absolute Gasteiger partial charge is 0.389 e. The van der Waals surface area contributed by atoms with Gasteiger partial charge < -0.3 is 10.6 Å². The Morgan fingerprint density at radius 3 is 2.48 bits per heavy atom. The van der Waals surface area contributed by atoms with Gasteiger partial charge in [0.25, 0.3) is 0 Å². The summed E-state index contributed by atoms with van der Waals surface area (Å²) < 4.78 is 0. The van der Waals surface area contributed by atoms with E-state index in [0.717, 1.165) is 47.7 Å². The molecule has 0 aliphatic heterocycles. The Bertz CT molecular complexity index is 491. The second-order valence-electron chi connectivity index (χ2n) is 5.14. The molecule has 2 N–H and O–H groups in total. The van der Waals surface area contributed by atoms with Crippen LogP contribution in [-0.2, 0) is 12.8 Å². The summed E-state index contributed by atoms with van der Waals surface area (Å²) in [7, 11) is 2.04. The fourth-order valence-corrected chi connectivity index (χ4v) is 3.15. The lowest BCUT2D eigenvalue weighted by molar-refractivity contribution is 0.654. The molecule has 118 valence electrons. The summed E-state index contributed by atoms with van der Waals surface area (Å²) in [6.07, 6.45) is 4.93. The molecule has 1 heterocycles. The number of rotatable bonds is 8. The molecule has 0 spiro atoms. The van der Waals surface area contributed by atoms with Crippen LogP contribution in [-0.4, -0.2) is 40.3 Å². The Morgan fingerprint density at radius 1 is 1.33 bits per heavy atom. The molecule has 4 nitrogen and oxygen atoms in total. The summed E-state index contributed by atoms with van der Waals surface area (Å²) in [5.74, 6) is 1.93. The number of nitrogens with two attached hydrogens (primary N) is 1. The van der Waals surface area contributed by atoms with Crippen molar-refractivity contribution >= 4 is 34.8 Å². The van der Waals surface area contributed by atoms with E-state index in [4.69, 9.17) is 18.0 Å². The van der Waals surface area contributed by atoms with E-state index in [-0.39, 0.29) is 0 Å². The van der Waals surface area contributed by atoms with Crippen LogP contribution >= 0.6 is 24.0 Å². The van der Waals surface area contributed by atoms with Gasteiger partial charge in [0.1, 0.15) is 4.99 Å². The molecule has 1 aromatic rings. The van der Waals surface area contributed by atoms with Gasteiger partial charge in [0.15, 0.2) is 5.82 Å². The minimum atomic E-state index is 0.372. The summed E-state index contributed by atoms with van der Waals surface area (Å²) in [6.45, 7) is 6.39. The van der Waals surface area contributed by atoms with E-state index in [0.29, 0.717) is 11.0 Å². The molecule has 0 aromatic carbocycles. The van der Waals surface area contributed by atoms with E-state index in [1.165, 1.54) is 0 Å². The van der Waals surface area contributed by atoms with Crippen molar-refractivity contribution in [3.63, 3.8) is 0 Å². The number of thioether (sulfide) groups is 1. The van der Waals surface area contributed by atoms with Gasteiger partial charge in [0.2, 0.25) is 0 Å². The highest BCUT2D eigenvalue weighted by atomic mass is 32.2. The second kappa shape index (κ2) is 8.54. The van der Waals surface area contributed by atoms with Crippen LogP contribution < -0.4 is 10.6 Å². The zero-order valence-corrected chi connectivity index (χ0v) is 15.3. The Morgan fingerprint density at radius 2 is 2.00 bits per heavy atom. The first kappa shape index (κ1) is 18.2. The van der Waals surface area contributed by atoms with Crippen molar-refractivity contribution < 1.29 is 0 Å². The molecule has 1 unspecified atom stereocenters. The van der Waals surface area contributed by atoms with E-state index in [9.17, 15) is 0 Å². The van der Waals surface area contributed by atoms with Crippen molar-refractivity contribution in [1.82, 2.24) is 10.2 Å². The van der Waals surface area contributed by atoms with Gasteiger partial charge in [-0.05, 0) is 43.8 Å². The molecule has 0 amide bonds. The third-order valence-electron chi connectivity index (χ3n) is 3.81. The highest BCUT2D eigenvalue weighted by Crippen LogP contribution is 2.25. The van der Waals surface area contributed by atoms with E-state index in [2.05, 4.69) is 42.1 Å². The van der Waals surface area contributed by atoms with Crippen molar-refractivity contribution in [2.75, 3.05) is 24.0 Å². The molecular formula is C15H26N4S2. The predicted octanol–water partition coefficient (Wildman–Crippen LogP) is 2.81. The number of hydrogen-bond acceptors (Lipinski definition) is 5. The number of aromatic nitrogens is 2. The SMILES string of the molecule is CCc1nnc(N(C)C(C)CCSC)c(C(N)=S)c1CC. The number of anilines is 1. The zero-order valence-electron chi connectivity index (χ0n) is 13.6. The van der Waals surface area contributed by atoms with Gasteiger partial charge in [-0.1, -0.05) is 26.1 Å². The Labute approximate surface area is 137 Å². The maximum absolute atomic E-state index is 5.99. The molecule has 0 saturated carbocycles. The third-order valence-corrected chi connectivity index (χ3v) is 4.66. The number of aryl methyl sites for hydroxylation is 1. The van der Waals surface area contributed by atoms with Crippen molar-refractivity contribution in [1.29, 1.82) is 0 Å². The van der Waals surface area contributed by atoms with E-state index in [1.54, 1.807) is 0 Å². The molecule has 1 aromatic heterocycles. The quantitative estimate of drug-likeness (QED) is 0.741. The molecule has 0 radical (unpaired) electrons. The van der Waals surface area contributed by atoms with Gasteiger partial charge in [-0.3, -0.25) is 0 Å². The van der Waals surface area contributed by atoms with Gasteiger partial charge in [-0.2, -0.15) is 16.9 Å². The summed E-state index contributed by atoms with van der Waals surface area (Å²) in [5, 5.41) is 8.79. The van der Waals surface area contributed by atoms with Crippen molar-refractivity contribution in [3.8, 4) is 0 Å². The lowest BCUT2D eigenvalue weighted by Crippen LogP contribution is -2.33. The zero-order chi connectivity index (χ0) is 16.0. The summed E-state index contributed by atoms with van der Waals surface area (Å²) >= 11 is 7.14. The fourth-order valence-electron chi connectivity index (χ4n) is 2.36. The molecule has 0 fully saturated rings. The van der Waals surface area contributed by atoms with Crippen LogP contribution in [0.3, 0.4) is 0 Å². The van der Waals surface area contributed by atoms with Crippen molar-refractivity contribution in [2.24, 2.45) is 5.73 Å². The summed E-state index contributed by atoms with van der Waals surface area (Å²) in [5.41, 5.74) is 9.02. The van der Waals surface area contributed by atoms with Crippen LogP contribution in [0.1, 0.15) is 44.0 Å². The van der Waals surface area contributed by atoms with Crippen LogP contribution in [0.4, 0.5) is 5.82 Å². The van der Waals surface area contributed by atoms with Crippen LogP contribution in [0.5, 0.6) is 0 Å². The topological polar surface area (TPSA) is 55.0 Å². The molecule has 0 saturated heterocycles. The number of hydrogen-bond donors (Lipinski definition) is 1. The van der Waals surface area contributed by atoms with Crippen LogP contribution in [0.15, 0.2) is 0 Å². The van der Waals surface area contributed by atoms with Crippen LogP contribution in [0, 0.1) is 0 Å². The van der Waals surface area contributed by atoms with E-state index >= 15 is 0 Å². The van der Waals surface area contributed by atoms with Gasteiger partial charge in [-0.25, -0.2) is 0 Å². The first-order valence-corrected chi connectivity index (χ1v) is 9.17. The van der Waals surface area contributed by atoms with Gasteiger partial charge >= 0.3 is 0 Å². The second-order valence-corrected chi connectivity index (χ2v) is 6.56. The summed E-state index contributed by atoms with van der Waals surface area (Å²) in [4.78, 5) is 2.56. The molecule has 1 rings (SSSR count). The van der Waals surface area contributed by atoms with Gasteiger partial charge in [0, 0.05) is 13.1 Å². The average Bonchev–Trinajstić information content (AvgIpc) is 2.49. The maximum atomic E-state index is 5.99. The molecule has 1 atom stereocenters. The maximum Gasteiger partial charge on any atom is 0.161 e. The minimum Gasteiger partial charge on any atom is -0.389 e. The molecule has 0 bridgehead atoms. The normalized spacial score (nSPS) is 12.2. The number of thiocarbonyl (C=S) groups is 1.